The lowest BCUT2D eigenvalue weighted by Gasteiger charge is -2.39. The number of likely N-dealkylation sites (tertiary alicyclic amines) is 1. The van der Waals surface area contributed by atoms with Crippen LogP contribution >= 0.6 is 0 Å². The van der Waals surface area contributed by atoms with Crippen LogP contribution in [0, 0.1) is 0 Å². The molecule has 9 rings (SSSR count). The van der Waals surface area contributed by atoms with Gasteiger partial charge < -0.3 is 23.8 Å². The Morgan fingerprint density at radius 3 is 2.40 bits per heavy atom. The van der Waals surface area contributed by atoms with Crippen LogP contribution in [-0.2, 0) is 28.5 Å². The number of hydrogen-bond acceptors (Lipinski definition) is 8. The van der Waals surface area contributed by atoms with E-state index in [1.54, 1.807) is 19.4 Å². The Kier molecular flexibility index (Phi) is 9.35. The largest absolute Gasteiger partial charge is 0.497 e. The molecule has 4 aromatic rings. The number of aryl methyl sites for hydroxylation is 1. The summed E-state index contributed by atoms with van der Waals surface area (Å²) in [4.78, 5) is 32.8. The molecule has 2 atom stereocenters. The highest BCUT2D eigenvalue weighted by Crippen LogP contribution is 2.48. The molecule has 5 aliphatic rings. The Morgan fingerprint density at radius 2 is 1.67 bits per heavy atom. The van der Waals surface area contributed by atoms with Crippen LogP contribution in [0.15, 0.2) is 42.6 Å². The van der Waals surface area contributed by atoms with Crippen molar-refractivity contribution in [2.75, 3.05) is 53.6 Å². The van der Waals surface area contributed by atoms with Gasteiger partial charge in [-0.05, 0) is 91.8 Å². The molecule has 3 saturated heterocycles. The van der Waals surface area contributed by atoms with Crippen molar-refractivity contribution >= 4 is 44.6 Å². The van der Waals surface area contributed by atoms with Crippen LogP contribution in [0.3, 0.4) is 0 Å². The van der Waals surface area contributed by atoms with E-state index in [2.05, 4.69) is 49.4 Å². The number of nitrogens with zero attached hydrogens (tertiary/aromatic N) is 6. The fourth-order valence-electron chi connectivity index (χ4n) is 9.91. The van der Waals surface area contributed by atoms with E-state index in [4.69, 9.17) is 9.47 Å². The summed E-state index contributed by atoms with van der Waals surface area (Å²) in [5.41, 5.74) is 7.70. The van der Waals surface area contributed by atoms with Crippen molar-refractivity contribution in [2.24, 2.45) is 7.05 Å². The molecule has 1 saturated carbocycles. The second-order valence-corrected chi connectivity index (χ2v) is 17.5. The minimum Gasteiger partial charge on any atom is -0.497 e. The van der Waals surface area contributed by atoms with Crippen molar-refractivity contribution in [3.63, 3.8) is 0 Å². The number of ether oxygens (including phenoxy) is 2. The van der Waals surface area contributed by atoms with Gasteiger partial charge in [0.25, 0.3) is 11.8 Å². The molecule has 6 heterocycles. The van der Waals surface area contributed by atoms with Crippen LogP contribution in [0.5, 0.6) is 5.75 Å². The Hall–Kier alpha value is -4.50. The average molecular weight is 768 g/mol. The van der Waals surface area contributed by atoms with Crippen LogP contribution < -0.4 is 9.46 Å². The zero-order chi connectivity index (χ0) is 38.0. The number of fused-ring (bicyclic) bond motifs is 7. The smallest absolute Gasteiger partial charge is 0.304 e. The molecule has 14 heteroatoms. The van der Waals surface area contributed by atoms with E-state index in [0.717, 1.165) is 96.4 Å². The minimum atomic E-state index is -4.06. The van der Waals surface area contributed by atoms with Gasteiger partial charge in [-0.1, -0.05) is 25.3 Å². The van der Waals surface area contributed by atoms with Crippen molar-refractivity contribution in [2.45, 2.75) is 69.5 Å². The topological polar surface area (TPSA) is 131 Å². The normalized spacial score (nSPS) is 22.2. The number of carbonyl (C=O) groups excluding carboxylic acids is 2. The predicted octanol–water partition coefficient (Wildman–Crippen LogP) is 4.88. The van der Waals surface area contributed by atoms with E-state index in [0.29, 0.717) is 18.0 Å². The molecule has 2 bridgehead atoms. The summed E-state index contributed by atoms with van der Waals surface area (Å²) in [6.07, 6.45) is 11.5. The minimum absolute atomic E-state index is 0.0145. The quantitative estimate of drug-likeness (QED) is 0.282. The van der Waals surface area contributed by atoms with E-state index < -0.39 is 16.1 Å². The molecule has 0 spiro atoms. The summed E-state index contributed by atoms with van der Waals surface area (Å²) in [6, 6.07) is 12.1. The van der Waals surface area contributed by atoms with Crippen LogP contribution in [0.2, 0.25) is 0 Å². The lowest BCUT2D eigenvalue weighted by atomic mass is 9.81. The number of methoxy groups -OCH3 is 1. The SMILES string of the molecule is COc1ccc2c(c1)C=C(c1c(C(=O)N3[C@@H]4CC[C@@H]3CN(C)C4)cnn1C)Cn1c-2c(C2CCCCC2)c2ccc(C(=O)NS(=O)(=O)N3CCOCC3)cc21. The molecule has 4 aliphatic heterocycles. The molecule has 2 aromatic heterocycles. The van der Waals surface area contributed by atoms with Crippen molar-refractivity contribution in [3.05, 3.63) is 70.5 Å². The summed E-state index contributed by atoms with van der Waals surface area (Å²) < 4.78 is 45.2. The molecule has 290 valence electrons. The number of benzene rings is 2. The molecule has 2 amide bonds. The first-order chi connectivity index (χ1) is 26.6. The van der Waals surface area contributed by atoms with Gasteiger partial charge in [-0.15, -0.1) is 0 Å². The highest BCUT2D eigenvalue weighted by Gasteiger charge is 2.43. The van der Waals surface area contributed by atoms with Crippen LogP contribution in [0.4, 0.5) is 0 Å². The van der Waals surface area contributed by atoms with Crippen molar-refractivity contribution in [1.29, 1.82) is 0 Å². The van der Waals surface area contributed by atoms with E-state index in [1.807, 2.05) is 29.9 Å². The van der Waals surface area contributed by atoms with Gasteiger partial charge in [-0.2, -0.15) is 17.8 Å². The number of aromatic nitrogens is 3. The fourth-order valence-corrected chi connectivity index (χ4v) is 11.0. The van der Waals surface area contributed by atoms with E-state index in [1.165, 1.54) is 16.3 Å². The number of carbonyl (C=O) groups is 2. The molecule has 13 nitrogen and oxygen atoms in total. The maximum atomic E-state index is 14.6. The summed E-state index contributed by atoms with van der Waals surface area (Å²) in [5.74, 6) is 0.375. The number of hydrogen-bond donors (Lipinski definition) is 1. The van der Waals surface area contributed by atoms with Crippen molar-refractivity contribution < 1.29 is 27.5 Å². The molecule has 55 heavy (non-hydrogen) atoms. The van der Waals surface area contributed by atoms with Crippen molar-refractivity contribution in [1.82, 2.24) is 33.2 Å². The number of likely N-dealkylation sites (N-methyl/N-ethyl adjacent to an activating group) is 1. The zero-order valence-electron chi connectivity index (χ0n) is 31.8. The predicted molar refractivity (Wildman–Crippen MR) is 210 cm³/mol. The van der Waals surface area contributed by atoms with Gasteiger partial charge in [0.1, 0.15) is 5.75 Å². The van der Waals surface area contributed by atoms with E-state index in [-0.39, 0.29) is 49.9 Å². The number of rotatable bonds is 7. The molecule has 4 fully saturated rings. The maximum Gasteiger partial charge on any atom is 0.304 e. The summed E-state index contributed by atoms with van der Waals surface area (Å²) in [5, 5.41) is 5.73. The lowest BCUT2D eigenvalue weighted by molar-refractivity contribution is 0.0472. The lowest BCUT2D eigenvalue weighted by Crippen LogP contribution is -2.54. The third-order valence-corrected chi connectivity index (χ3v) is 13.9. The van der Waals surface area contributed by atoms with Gasteiger partial charge in [-0.3, -0.25) is 14.3 Å². The van der Waals surface area contributed by atoms with Crippen LogP contribution in [-0.4, -0.2) is 114 Å². The number of allylic oxidation sites excluding steroid dienone is 1. The Morgan fingerprint density at radius 1 is 0.927 bits per heavy atom. The Balaban J connectivity index is 1.19. The zero-order valence-corrected chi connectivity index (χ0v) is 32.6. The van der Waals surface area contributed by atoms with Gasteiger partial charge in [0.05, 0.1) is 50.0 Å². The molecule has 1 aliphatic carbocycles. The van der Waals surface area contributed by atoms with Gasteiger partial charge in [0, 0.05) is 67.3 Å². The van der Waals surface area contributed by atoms with Crippen molar-refractivity contribution in [3.8, 4) is 17.0 Å². The van der Waals surface area contributed by atoms with Gasteiger partial charge in [0.2, 0.25) is 0 Å². The molecule has 0 unspecified atom stereocenters. The van der Waals surface area contributed by atoms with E-state index in [9.17, 15) is 18.0 Å². The number of amides is 2. The van der Waals surface area contributed by atoms with Gasteiger partial charge >= 0.3 is 10.2 Å². The Bertz CT molecular complexity index is 2300. The number of morpholine rings is 1. The second-order valence-electron chi connectivity index (χ2n) is 15.8. The molecule has 1 N–H and O–H groups in total. The first-order valence-electron chi connectivity index (χ1n) is 19.6. The third-order valence-electron chi connectivity index (χ3n) is 12.5. The third kappa shape index (κ3) is 6.36. The molecular weight excluding hydrogens is 719 g/mol. The highest BCUT2D eigenvalue weighted by molar-refractivity contribution is 7.87. The number of nitrogens with one attached hydrogen (secondary N) is 1. The highest BCUT2D eigenvalue weighted by atomic mass is 32.2. The standard InChI is InChI=1S/C41H49N7O6S/c1-44-24-30-10-11-31(25-44)48(30)41(50)35-22-42-45(2)38(35)29-19-28-20-32(53-3)12-14-33(28)39-37(26-7-5-4-6-8-26)34-13-9-27(21-36(34)47(39)23-29)40(49)43-55(51,52)46-15-17-54-18-16-46/h9,12-14,19-22,26,30-31H,4-8,10-11,15-18,23-25H2,1-3H3,(H,43,49)/t30-,31-/m1/s1. The van der Waals surface area contributed by atoms with E-state index >= 15 is 0 Å². The fraction of sp³-hybridized carbons (Fsp3) is 0.488. The average Bonchev–Trinajstić information content (AvgIpc) is 3.78. The summed E-state index contributed by atoms with van der Waals surface area (Å²) in [6.45, 7) is 3.07. The molecule has 2 aromatic carbocycles. The van der Waals surface area contributed by atoms with Gasteiger partial charge in [0.15, 0.2) is 0 Å². The first kappa shape index (κ1) is 36.2. The monoisotopic (exact) mass is 767 g/mol. The van der Waals surface area contributed by atoms with Crippen LogP contribution in [0.25, 0.3) is 33.8 Å². The maximum absolute atomic E-state index is 14.6. The molecular formula is C41H49N7O6S. The Labute approximate surface area is 322 Å². The summed E-state index contributed by atoms with van der Waals surface area (Å²) in [7, 11) is 1.63. The second kappa shape index (κ2) is 14.2. The van der Waals surface area contributed by atoms with Gasteiger partial charge in [-0.25, -0.2) is 4.72 Å². The summed E-state index contributed by atoms with van der Waals surface area (Å²) >= 11 is 0. The number of piperazine rings is 1. The first-order valence-corrected chi connectivity index (χ1v) is 21.0. The van der Waals surface area contributed by atoms with Crippen LogP contribution in [0.1, 0.15) is 88.4 Å². The molecule has 0 radical (unpaired) electrons.